The summed E-state index contributed by atoms with van der Waals surface area (Å²) in [5.74, 6) is 0.462. The molecule has 0 saturated heterocycles. The first-order chi connectivity index (χ1) is 9.96. The van der Waals surface area contributed by atoms with E-state index in [1.165, 1.54) is 37.4 Å². The molecule has 0 amide bonds. The fourth-order valence-electron chi connectivity index (χ4n) is 1.74. The second-order valence-electron chi connectivity index (χ2n) is 4.20. The standard InChI is InChI=1S/C14H13N3O3S/c1-20-14-6-5-11(8-13(14)16)17-21(18,19)12-4-2-3-10(7-12)9-15/h2-8,17H,16H2,1H3. The van der Waals surface area contributed by atoms with E-state index in [2.05, 4.69) is 4.72 Å². The van der Waals surface area contributed by atoms with Crippen LogP contribution in [0.3, 0.4) is 0 Å². The largest absolute Gasteiger partial charge is 0.495 e. The van der Waals surface area contributed by atoms with Crippen molar-refractivity contribution in [2.75, 3.05) is 17.6 Å². The quantitative estimate of drug-likeness (QED) is 0.840. The van der Waals surface area contributed by atoms with Gasteiger partial charge in [-0.05, 0) is 36.4 Å². The highest BCUT2D eigenvalue weighted by Crippen LogP contribution is 2.26. The number of nitrogens with two attached hydrogens (primary N) is 1. The van der Waals surface area contributed by atoms with E-state index in [9.17, 15) is 8.42 Å². The minimum atomic E-state index is -3.78. The SMILES string of the molecule is COc1ccc(NS(=O)(=O)c2cccc(C#N)c2)cc1N. The number of nitrogens with zero attached hydrogens (tertiary/aromatic N) is 1. The molecule has 3 N–H and O–H groups in total. The second-order valence-corrected chi connectivity index (χ2v) is 5.88. The van der Waals surface area contributed by atoms with E-state index in [-0.39, 0.29) is 10.5 Å². The molecule has 108 valence electrons. The van der Waals surface area contributed by atoms with Crippen molar-refractivity contribution in [1.29, 1.82) is 5.26 Å². The van der Waals surface area contributed by atoms with Crippen molar-refractivity contribution >= 4 is 21.4 Å². The summed E-state index contributed by atoms with van der Waals surface area (Å²) >= 11 is 0. The molecule has 0 saturated carbocycles. The van der Waals surface area contributed by atoms with E-state index in [0.717, 1.165) is 0 Å². The number of nitrogens with one attached hydrogen (secondary N) is 1. The molecule has 0 unspecified atom stereocenters. The first kappa shape index (κ1) is 14.7. The van der Waals surface area contributed by atoms with Crippen LogP contribution in [-0.2, 0) is 10.0 Å². The van der Waals surface area contributed by atoms with Crippen LogP contribution in [0.4, 0.5) is 11.4 Å². The van der Waals surface area contributed by atoms with Crippen LogP contribution in [0.5, 0.6) is 5.75 Å². The van der Waals surface area contributed by atoms with Gasteiger partial charge in [0.15, 0.2) is 0 Å². The Kier molecular flexibility index (Phi) is 4.00. The summed E-state index contributed by atoms with van der Waals surface area (Å²) in [5.41, 5.74) is 6.64. The summed E-state index contributed by atoms with van der Waals surface area (Å²) in [6.45, 7) is 0. The fraction of sp³-hybridized carbons (Fsp3) is 0.0714. The number of ether oxygens (including phenoxy) is 1. The molecule has 0 aliphatic rings. The zero-order valence-electron chi connectivity index (χ0n) is 11.2. The zero-order valence-corrected chi connectivity index (χ0v) is 12.0. The molecular weight excluding hydrogens is 290 g/mol. The van der Waals surface area contributed by atoms with Gasteiger partial charge in [0, 0.05) is 0 Å². The van der Waals surface area contributed by atoms with Gasteiger partial charge in [-0.15, -0.1) is 0 Å². The third-order valence-corrected chi connectivity index (χ3v) is 4.13. The summed E-state index contributed by atoms with van der Waals surface area (Å²) in [6, 6.07) is 12.2. The van der Waals surface area contributed by atoms with Crippen LogP contribution in [-0.4, -0.2) is 15.5 Å². The van der Waals surface area contributed by atoms with Crippen LogP contribution in [0.2, 0.25) is 0 Å². The molecule has 7 heteroatoms. The Hall–Kier alpha value is -2.72. The summed E-state index contributed by atoms with van der Waals surface area (Å²) < 4.78 is 31.9. The van der Waals surface area contributed by atoms with Crippen LogP contribution in [0, 0.1) is 11.3 Å². The van der Waals surface area contributed by atoms with Crippen molar-refractivity contribution in [3.8, 4) is 11.8 Å². The normalized spacial score (nSPS) is 10.7. The van der Waals surface area contributed by atoms with Crippen molar-refractivity contribution in [2.45, 2.75) is 4.90 Å². The smallest absolute Gasteiger partial charge is 0.261 e. The van der Waals surface area contributed by atoms with Gasteiger partial charge >= 0.3 is 0 Å². The number of sulfonamides is 1. The third kappa shape index (κ3) is 3.24. The Bertz CT molecular complexity index is 810. The van der Waals surface area contributed by atoms with Gasteiger partial charge in [-0.25, -0.2) is 8.42 Å². The van der Waals surface area contributed by atoms with Gasteiger partial charge < -0.3 is 10.5 Å². The second kappa shape index (κ2) is 5.73. The number of rotatable bonds is 4. The highest BCUT2D eigenvalue weighted by molar-refractivity contribution is 7.92. The van der Waals surface area contributed by atoms with Crippen LogP contribution >= 0.6 is 0 Å². The maximum absolute atomic E-state index is 12.2. The first-order valence-electron chi connectivity index (χ1n) is 5.93. The molecule has 0 heterocycles. The molecule has 0 fully saturated rings. The fourth-order valence-corrected chi connectivity index (χ4v) is 2.84. The van der Waals surface area contributed by atoms with Crippen LogP contribution in [0.15, 0.2) is 47.4 Å². The number of benzene rings is 2. The van der Waals surface area contributed by atoms with E-state index in [1.54, 1.807) is 12.1 Å². The Morgan fingerprint density at radius 1 is 1.24 bits per heavy atom. The molecule has 6 nitrogen and oxygen atoms in total. The van der Waals surface area contributed by atoms with Gasteiger partial charge in [-0.2, -0.15) is 5.26 Å². The van der Waals surface area contributed by atoms with Crippen LogP contribution < -0.4 is 15.2 Å². The van der Waals surface area contributed by atoms with Gasteiger partial charge in [-0.1, -0.05) is 6.07 Å². The Balaban J connectivity index is 2.33. The van der Waals surface area contributed by atoms with Crippen LogP contribution in [0.25, 0.3) is 0 Å². The van der Waals surface area contributed by atoms with Crippen LogP contribution in [0.1, 0.15) is 5.56 Å². The van der Waals surface area contributed by atoms with Gasteiger partial charge in [-0.3, -0.25) is 4.72 Å². The molecule has 2 rings (SSSR count). The molecule has 0 spiro atoms. The van der Waals surface area contributed by atoms with Crippen molar-refractivity contribution in [2.24, 2.45) is 0 Å². The van der Waals surface area contributed by atoms with Gasteiger partial charge in [0.2, 0.25) is 0 Å². The highest BCUT2D eigenvalue weighted by Gasteiger charge is 2.15. The molecule has 0 aliphatic heterocycles. The molecule has 0 radical (unpaired) electrons. The molecule has 0 atom stereocenters. The van der Waals surface area contributed by atoms with E-state index in [4.69, 9.17) is 15.7 Å². The lowest BCUT2D eigenvalue weighted by Crippen LogP contribution is -2.13. The monoisotopic (exact) mass is 303 g/mol. The van der Waals surface area contributed by atoms with Gasteiger partial charge in [0.05, 0.1) is 35.0 Å². The molecule has 21 heavy (non-hydrogen) atoms. The van der Waals surface area contributed by atoms with Crippen molar-refractivity contribution < 1.29 is 13.2 Å². The summed E-state index contributed by atoms with van der Waals surface area (Å²) in [4.78, 5) is 0.0101. The van der Waals surface area contributed by atoms with Crippen molar-refractivity contribution in [3.63, 3.8) is 0 Å². The van der Waals surface area contributed by atoms with E-state index >= 15 is 0 Å². The van der Waals surface area contributed by atoms with Gasteiger partial charge in [0.1, 0.15) is 5.75 Å². The third-order valence-electron chi connectivity index (χ3n) is 2.76. The summed E-state index contributed by atoms with van der Waals surface area (Å²) in [7, 11) is -2.30. The lowest BCUT2D eigenvalue weighted by Gasteiger charge is -2.10. The highest BCUT2D eigenvalue weighted by atomic mass is 32.2. The minimum Gasteiger partial charge on any atom is -0.495 e. The maximum Gasteiger partial charge on any atom is 0.261 e. The number of anilines is 2. The Morgan fingerprint density at radius 2 is 2.00 bits per heavy atom. The Morgan fingerprint density at radius 3 is 2.62 bits per heavy atom. The topological polar surface area (TPSA) is 105 Å². The number of hydrogen-bond acceptors (Lipinski definition) is 5. The average Bonchev–Trinajstić information content (AvgIpc) is 2.47. The predicted molar refractivity (Wildman–Crippen MR) is 79.4 cm³/mol. The van der Waals surface area contributed by atoms with E-state index < -0.39 is 10.0 Å². The summed E-state index contributed by atoms with van der Waals surface area (Å²) in [5, 5.41) is 8.82. The van der Waals surface area contributed by atoms with Gasteiger partial charge in [0.25, 0.3) is 10.0 Å². The molecule has 2 aromatic rings. The molecule has 0 bridgehead atoms. The lowest BCUT2D eigenvalue weighted by atomic mass is 10.2. The van der Waals surface area contributed by atoms with E-state index in [0.29, 0.717) is 17.1 Å². The summed E-state index contributed by atoms with van der Waals surface area (Å²) in [6.07, 6.45) is 0. The minimum absolute atomic E-state index is 0.0101. The van der Waals surface area contributed by atoms with E-state index in [1.807, 2.05) is 6.07 Å². The number of nitrogen functional groups attached to an aromatic ring is 1. The molecule has 0 aromatic heterocycles. The Labute approximate surface area is 122 Å². The van der Waals surface area contributed by atoms with Crippen molar-refractivity contribution in [1.82, 2.24) is 0 Å². The lowest BCUT2D eigenvalue weighted by molar-refractivity contribution is 0.417. The van der Waals surface area contributed by atoms with Crippen molar-refractivity contribution in [3.05, 3.63) is 48.0 Å². The first-order valence-corrected chi connectivity index (χ1v) is 7.41. The number of hydrogen-bond donors (Lipinski definition) is 2. The maximum atomic E-state index is 12.2. The molecule has 0 aliphatic carbocycles. The number of methoxy groups -OCH3 is 1. The molecule has 2 aromatic carbocycles. The predicted octanol–water partition coefficient (Wildman–Crippen LogP) is 1.95. The zero-order chi connectivity index (χ0) is 15.5. The average molecular weight is 303 g/mol. The molecular formula is C14H13N3O3S. The number of nitriles is 1.